The zero-order valence-corrected chi connectivity index (χ0v) is 15.3. The fraction of sp³-hybridized carbons (Fsp3) is 0.200. The molecule has 2 atom stereocenters. The molecule has 134 valence electrons. The van der Waals surface area contributed by atoms with Crippen molar-refractivity contribution in [3.8, 4) is 0 Å². The Hall–Kier alpha value is -2.84. The Balaban J connectivity index is 1.50. The normalized spacial score (nSPS) is 19.1. The number of benzene rings is 3. The van der Waals surface area contributed by atoms with Crippen LogP contribution in [0.25, 0.3) is 11.0 Å². The zero-order valence-electron chi connectivity index (χ0n) is 15.3. The lowest BCUT2D eigenvalue weighted by atomic mass is 9.88. The highest BCUT2D eigenvalue weighted by molar-refractivity contribution is 5.83. The van der Waals surface area contributed by atoms with E-state index < -0.39 is 0 Å². The number of hydrogen-bond acceptors (Lipinski definition) is 2. The lowest BCUT2D eigenvalue weighted by Crippen LogP contribution is -2.39. The average molecular weight is 353 g/mol. The molecule has 1 aromatic heterocycles. The second-order valence-corrected chi connectivity index (χ2v) is 7.37. The molecule has 2 heterocycles. The summed E-state index contributed by atoms with van der Waals surface area (Å²) in [7, 11) is 0. The van der Waals surface area contributed by atoms with Crippen LogP contribution in [0, 0.1) is 0 Å². The van der Waals surface area contributed by atoms with E-state index in [1.165, 1.54) is 22.1 Å². The van der Waals surface area contributed by atoms with E-state index in [2.05, 4.69) is 90.2 Å². The molecular weight excluding hydrogens is 330 g/mol. The highest BCUT2D eigenvalue weighted by Gasteiger charge is 2.31. The predicted molar refractivity (Wildman–Crippen MR) is 110 cm³/mol. The van der Waals surface area contributed by atoms with E-state index in [0.717, 1.165) is 30.6 Å². The molecule has 0 fully saturated rings. The molecule has 2 nitrogen and oxygen atoms in total. The Morgan fingerprint density at radius 1 is 0.815 bits per heavy atom. The summed E-state index contributed by atoms with van der Waals surface area (Å²) >= 11 is 0. The summed E-state index contributed by atoms with van der Waals surface area (Å²) in [5, 5.41) is 5.15. The van der Waals surface area contributed by atoms with Gasteiger partial charge in [-0.3, -0.25) is 0 Å². The first-order valence-electron chi connectivity index (χ1n) is 9.74. The first-order valence-corrected chi connectivity index (χ1v) is 9.74. The maximum Gasteiger partial charge on any atom is 0.134 e. The van der Waals surface area contributed by atoms with E-state index in [9.17, 15) is 0 Å². The standard InChI is InChI=1S/C25H23NO/c1-3-9-18(10-4-1)15-16-20-17-23-24(21-13-7-8-14-22(21)27-23)25(26-20)19-11-5-2-6-12-19/h1-14,20,25-26H,15-17H2/t20-,25+/m1/s1. The summed E-state index contributed by atoms with van der Waals surface area (Å²) in [6.07, 6.45) is 3.12. The predicted octanol–water partition coefficient (Wildman–Crippen LogP) is 5.67. The number of hydrogen-bond donors (Lipinski definition) is 1. The molecule has 0 aliphatic carbocycles. The Morgan fingerprint density at radius 2 is 1.52 bits per heavy atom. The highest BCUT2D eigenvalue weighted by Crippen LogP contribution is 2.38. The lowest BCUT2D eigenvalue weighted by Gasteiger charge is -2.31. The third-order valence-corrected chi connectivity index (χ3v) is 5.59. The number of para-hydroxylation sites is 1. The highest BCUT2D eigenvalue weighted by atomic mass is 16.3. The van der Waals surface area contributed by atoms with Crippen LogP contribution in [0.2, 0.25) is 0 Å². The van der Waals surface area contributed by atoms with Gasteiger partial charge in [0, 0.05) is 23.4 Å². The lowest BCUT2D eigenvalue weighted by molar-refractivity contribution is 0.376. The van der Waals surface area contributed by atoms with Crippen LogP contribution >= 0.6 is 0 Å². The Labute approximate surface area is 159 Å². The number of aryl methyl sites for hydroxylation is 1. The topological polar surface area (TPSA) is 25.2 Å². The summed E-state index contributed by atoms with van der Waals surface area (Å²) < 4.78 is 6.28. The number of furan rings is 1. The summed E-state index contributed by atoms with van der Waals surface area (Å²) in [4.78, 5) is 0. The molecule has 0 bridgehead atoms. The molecule has 2 heteroatoms. The second-order valence-electron chi connectivity index (χ2n) is 7.37. The van der Waals surface area contributed by atoms with Gasteiger partial charge in [0.15, 0.2) is 0 Å². The minimum Gasteiger partial charge on any atom is -0.461 e. The van der Waals surface area contributed by atoms with Crippen molar-refractivity contribution >= 4 is 11.0 Å². The SMILES string of the molecule is c1ccc(CC[C@@H]2Cc3oc4ccccc4c3[C@H](c3ccccc3)N2)cc1. The van der Waals surface area contributed by atoms with Crippen molar-refractivity contribution in [3.05, 3.63) is 107 Å². The van der Waals surface area contributed by atoms with Crippen molar-refractivity contribution in [2.45, 2.75) is 31.3 Å². The monoisotopic (exact) mass is 353 g/mol. The molecule has 27 heavy (non-hydrogen) atoms. The molecule has 0 unspecified atom stereocenters. The number of fused-ring (bicyclic) bond motifs is 3. The molecule has 1 aliphatic rings. The smallest absolute Gasteiger partial charge is 0.134 e. The van der Waals surface area contributed by atoms with Gasteiger partial charge in [0.2, 0.25) is 0 Å². The zero-order chi connectivity index (χ0) is 18.1. The Morgan fingerprint density at radius 3 is 2.33 bits per heavy atom. The van der Waals surface area contributed by atoms with E-state index in [4.69, 9.17) is 4.42 Å². The maximum atomic E-state index is 6.28. The largest absolute Gasteiger partial charge is 0.461 e. The molecule has 0 radical (unpaired) electrons. The Kier molecular flexibility index (Phi) is 4.27. The third kappa shape index (κ3) is 3.17. The molecule has 1 aliphatic heterocycles. The van der Waals surface area contributed by atoms with Gasteiger partial charge in [0.05, 0.1) is 6.04 Å². The summed E-state index contributed by atoms with van der Waals surface area (Å²) in [6.45, 7) is 0. The van der Waals surface area contributed by atoms with Crippen LogP contribution in [0.1, 0.15) is 34.9 Å². The van der Waals surface area contributed by atoms with E-state index in [1.54, 1.807) is 0 Å². The van der Waals surface area contributed by atoms with Gasteiger partial charge in [-0.1, -0.05) is 78.9 Å². The van der Waals surface area contributed by atoms with Gasteiger partial charge in [0.1, 0.15) is 11.3 Å². The van der Waals surface area contributed by atoms with Crippen LogP contribution < -0.4 is 5.32 Å². The molecule has 4 aromatic rings. The third-order valence-electron chi connectivity index (χ3n) is 5.59. The van der Waals surface area contributed by atoms with Crippen LogP contribution in [0.4, 0.5) is 0 Å². The number of rotatable bonds is 4. The molecule has 0 spiro atoms. The minimum atomic E-state index is 0.180. The van der Waals surface area contributed by atoms with Gasteiger partial charge < -0.3 is 9.73 Å². The van der Waals surface area contributed by atoms with Crippen molar-refractivity contribution in [2.24, 2.45) is 0 Å². The van der Waals surface area contributed by atoms with Crippen molar-refractivity contribution in [3.63, 3.8) is 0 Å². The molecule has 0 saturated heterocycles. The quantitative estimate of drug-likeness (QED) is 0.511. The van der Waals surface area contributed by atoms with Crippen LogP contribution in [-0.2, 0) is 12.8 Å². The van der Waals surface area contributed by atoms with Gasteiger partial charge in [-0.15, -0.1) is 0 Å². The van der Waals surface area contributed by atoms with Gasteiger partial charge in [-0.25, -0.2) is 0 Å². The molecular formula is C25H23NO. The summed E-state index contributed by atoms with van der Waals surface area (Å²) in [6, 6.07) is 30.5. The fourth-order valence-electron chi connectivity index (χ4n) is 4.27. The van der Waals surface area contributed by atoms with E-state index >= 15 is 0 Å². The van der Waals surface area contributed by atoms with E-state index in [1.807, 2.05) is 0 Å². The molecule has 3 aromatic carbocycles. The van der Waals surface area contributed by atoms with E-state index in [0.29, 0.717) is 6.04 Å². The minimum absolute atomic E-state index is 0.180. The summed E-state index contributed by atoms with van der Waals surface area (Å²) in [5.41, 5.74) is 5.00. The molecule has 0 amide bonds. The maximum absolute atomic E-state index is 6.28. The van der Waals surface area contributed by atoms with Gasteiger partial charge in [-0.05, 0) is 30.0 Å². The second kappa shape index (κ2) is 7.05. The molecule has 1 N–H and O–H groups in total. The van der Waals surface area contributed by atoms with Crippen LogP contribution in [-0.4, -0.2) is 6.04 Å². The van der Waals surface area contributed by atoms with Crippen molar-refractivity contribution in [2.75, 3.05) is 0 Å². The van der Waals surface area contributed by atoms with Crippen molar-refractivity contribution in [1.82, 2.24) is 5.32 Å². The van der Waals surface area contributed by atoms with Crippen LogP contribution in [0.15, 0.2) is 89.3 Å². The van der Waals surface area contributed by atoms with Crippen molar-refractivity contribution < 1.29 is 4.42 Å². The summed E-state index contributed by atoms with van der Waals surface area (Å²) in [5.74, 6) is 1.14. The van der Waals surface area contributed by atoms with Crippen molar-refractivity contribution in [1.29, 1.82) is 0 Å². The van der Waals surface area contributed by atoms with Crippen LogP contribution in [0.3, 0.4) is 0 Å². The first kappa shape index (κ1) is 16.3. The van der Waals surface area contributed by atoms with E-state index in [-0.39, 0.29) is 6.04 Å². The average Bonchev–Trinajstić information content (AvgIpc) is 3.11. The van der Waals surface area contributed by atoms with Gasteiger partial charge >= 0.3 is 0 Å². The molecule has 5 rings (SSSR count). The molecule has 0 saturated carbocycles. The van der Waals surface area contributed by atoms with Gasteiger partial charge in [-0.2, -0.15) is 0 Å². The first-order chi connectivity index (χ1) is 13.4. The Bertz CT molecular complexity index is 1040. The fourth-order valence-corrected chi connectivity index (χ4v) is 4.27. The number of nitrogens with one attached hydrogen (secondary N) is 1. The van der Waals surface area contributed by atoms with Gasteiger partial charge in [0.25, 0.3) is 0 Å². The van der Waals surface area contributed by atoms with Crippen LogP contribution in [0.5, 0.6) is 0 Å².